The van der Waals surface area contributed by atoms with Gasteiger partial charge in [-0.05, 0) is 43.2 Å². The van der Waals surface area contributed by atoms with Crippen molar-refractivity contribution in [1.29, 1.82) is 0 Å². The van der Waals surface area contributed by atoms with Gasteiger partial charge in [0.25, 0.3) is 0 Å². The van der Waals surface area contributed by atoms with Crippen LogP contribution < -0.4 is 0 Å². The second-order valence-electron chi connectivity index (χ2n) is 8.30. The van der Waals surface area contributed by atoms with Gasteiger partial charge in [-0.3, -0.25) is 9.59 Å². The van der Waals surface area contributed by atoms with Crippen molar-refractivity contribution < 1.29 is 19.1 Å². The molecule has 0 atom stereocenters. The molecule has 0 aliphatic rings. The van der Waals surface area contributed by atoms with Crippen molar-refractivity contribution in [2.45, 2.75) is 27.7 Å². The van der Waals surface area contributed by atoms with E-state index < -0.39 is 11.4 Å². The Morgan fingerprint density at radius 3 is 2.32 bits per heavy atom. The van der Waals surface area contributed by atoms with Crippen LogP contribution in [0.15, 0.2) is 60.1 Å². The van der Waals surface area contributed by atoms with Crippen LogP contribution in [0.5, 0.6) is 0 Å². The molecule has 0 aliphatic carbocycles. The molecular weight excluding hydrogens is 410 g/mol. The first-order valence-corrected chi connectivity index (χ1v) is 10.9. The quantitative estimate of drug-likeness (QED) is 0.334. The number of esters is 1. The van der Waals surface area contributed by atoms with Gasteiger partial charge in [0.2, 0.25) is 0 Å². The van der Waals surface area contributed by atoms with Crippen molar-refractivity contribution in [3.8, 4) is 11.1 Å². The van der Waals surface area contributed by atoms with Gasteiger partial charge in [-0.15, -0.1) is 11.3 Å². The molecule has 0 bridgehead atoms. The summed E-state index contributed by atoms with van der Waals surface area (Å²) in [5.41, 5.74) is 2.01. The first-order chi connectivity index (χ1) is 14.7. The fourth-order valence-electron chi connectivity index (χ4n) is 3.00. The minimum Gasteiger partial charge on any atom is -0.461 e. The van der Waals surface area contributed by atoms with E-state index in [2.05, 4.69) is 4.98 Å². The Hall–Kier alpha value is -3.12. The maximum Gasteiger partial charge on any atom is 0.338 e. The number of ether oxygens (including phenoxy) is 1. The summed E-state index contributed by atoms with van der Waals surface area (Å²) in [7, 11) is 0. The number of thiazole rings is 1. The van der Waals surface area contributed by atoms with Gasteiger partial charge >= 0.3 is 5.97 Å². The largest absolute Gasteiger partial charge is 0.461 e. The van der Waals surface area contributed by atoms with Crippen molar-refractivity contribution in [2.24, 2.45) is 11.3 Å². The third-order valence-electron chi connectivity index (χ3n) is 4.93. The molecule has 0 radical (unpaired) electrons. The smallest absolute Gasteiger partial charge is 0.338 e. The Balaban J connectivity index is 1.67. The summed E-state index contributed by atoms with van der Waals surface area (Å²) < 4.78 is 5.41. The van der Waals surface area contributed by atoms with Gasteiger partial charge < -0.3 is 4.74 Å². The number of nitrogens with zero attached hydrogens (tertiary/aromatic N) is 1. The van der Waals surface area contributed by atoms with E-state index in [1.807, 2.05) is 50.2 Å². The number of ketones is 2. The van der Waals surface area contributed by atoms with Crippen molar-refractivity contribution in [2.75, 3.05) is 6.61 Å². The summed E-state index contributed by atoms with van der Waals surface area (Å²) in [5.74, 6) is -0.618. The van der Waals surface area contributed by atoms with Crippen LogP contribution in [0.25, 0.3) is 11.1 Å². The van der Waals surface area contributed by atoms with Crippen LogP contribution in [0.1, 0.15) is 58.2 Å². The van der Waals surface area contributed by atoms with Crippen molar-refractivity contribution in [1.82, 2.24) is 4.98 Å². The van der Waals surface area contributed by atoms with Crippen LogP contribution in [0.4, 0.5) is 0 Å². The molecule has 0 unspecified atom stereocenters. The highest BCUT2D eigenvalue weighted by atomic mass is 32.1. The first-order valence-electron chi connectivity index (χ1n) is 10.0. The highest BCUT2D eigenvalue weighted by Gasteiger charge is 2.32. The second-order valence-corrected chi connectivity index (χ2v) is 9.20. The number of benzene rings is 2. The third kappa shape index (κ3) is 5.33. The lowest BCUT2D eigenvalue weighted by molar-refractivity contribution is 0.0333. The molecule has 3 aromatic rings. The molecule has 1 aromatic heterocycles. The Morgan fingerprint density at radius 1 is 1.00 bits per heavy atom. The lowest BCUT2D eigenvalue weighted by atomic mass is 9.89. The van der Waals surface area contributed by atoms with Crippen molar-refractivity contribution >= 4 is 28.9 Å². The Morgan fingerprint density at radius 2 is 1.71 bits per heavy atom. The van der Waals surface area contributed by atoms with Crippen LogP contribution in [0.2, 0.25) is 0 Å². The molecule has 0 amide bonds. The van der Waals surface area contributed by atoms with Gasteiger partial charge in [-0.2, -0.15) is 0 Å². The van der Waals surface area contributed by atoms with Gasteiger partial charge in [0, 0.05) is 23.1 Å². The second kappa shape index (κ2) is 9.35. The number of Topliss-reactive ketones (excluding diaryl/α,β-unsaturated/α-hetero) is 2. The molecule has 0 spiro atoms. The van der Waals surface area contributed by atoms with Gasteiger partial charge in [0.1, 0.15) is 6.61 Å². The maximum atomic E-state index is 12.5. The fourth-order valence-corrected chi connectivity index (χ4v) is 3.76. The molecular formula is C25H25NO4S. The first kappa shape index (κ1) is 22.6. The van der Waals surface area contributed by atoms with Gasteiger partial charge in [-0.25, -0.2) is 9.78 Å². The zero-order valence-electron chi connectivity index (χ0n) is 18.0. The van der Waals surface area contributed by atoms with E-state index in [4.69, 9.17) is 4.74 Å². The van der Waals surface area contributed by atoms with Crippen LogP contribution in [0.3, 0.4) is 0 Å². The molecule has 31 heavy (non-hydrogen) atoms. The molecule has 3 rings (SSSR count). The zero-order valence-corrected chi connectivity index (χ0v) is 18.9. The minimum atomic E-state index is -0.864. The number of hydrogen-bond acceptors (Lipinski definition) is 6. The summed E-state index contributed by atoms with van der Waals surface area (Å²) >= 11 is 1.27. The number of aromatic nitrogens is 1. The van der Waals surface area contributed by atoms with E-state index in [1.54, 1.807) is 37.6 Å². The lowest BCUT2D eigenvalue weighted by Crippen LogP contribution is -2.31. The van der Waals surface area contributed by atoms with Crippen molar-refractivity contribution in [3.05, 3.63) is 76.2 Å². The molecule has 0 saturated heterocycles. The molecule has 0 aliphatic heterocycles. The summed E-state index contributed by atoms with van der Waals surface area (Å²) in [4.78, 5) is 41.3. The average Bonchev–Trinajstić information content (AvgIpc) is 3.31. The predicted octanol–water partition coefficient (Wildman–Crippen LogP) is 5.71. The average molecular weight is 436 g/mol. The predicted molar refractivity (Wildman–Crippen MR) is 122 cm³/mol. The van der Waals surface area contributed by atoms with Gasteiger partial charge in [0.15, 0.2) is 16.6 Å². The van der Waals surface area contributed by atoms with Crippen molar-refractivity contribution in [3.63, 3.8) is 0 Å². The topological polar surface area (TPSA) is 73.3 Å². The van der Waals surface area contributed by atoms with E-state index in [-0.39, 0.29) is 24.1 Å². The van der Waals surface area contributed by atoms with E-state index >= 15 is 0 Å². The lowest BCUT2D eigenvalue weighted by Gasteiger charge is -2.21. The Kier molecular flexibility index (Phi) is 6.81. The summed E-state index contributed by atoms with van der Waals surface area (Å²) in [6.07, 6.45) is 1.58. The SMILES string of the molecule is CC(C)C(=O)c1cccc(-c2ccc(C(=O)OCC(C)(C)C(=O)c3nccs3)cc2)c1. The van der Waals surface area contributed by atoms with Crippen LogP contribution in [-0.4, -0.2) is 29.1 Å². The monoisotopic (exact) mass is 435 g/mol. The van der Waals surface area contributed by atoms with E-state index in [9.17, 15) is 14.4 Å². The highest BCUT2D eigenvalue weighted by molar-refractivity contribution is 7.11. The van der Waals surface area contributed by atoms with E-state index in [0.29, 0.717) is 16.1 Å². The molecule has 0 N–H and O–H groups in total. The van der Waals surface area contributed by atoms with Gasteiger partial charge in [0.05, 0.1) is 11.0 Å². The van der Waals surface area contributed by atoms with Crippen LogP contribution >= 0.6 is 11.3 Å². The van der Waals surface area contributed by atoms with E-state index in [1.165, 1.54) is 11.3 Å². The number of rotatable bonds is 8. The Labute approximate surface area is 186 Å². The molecule has 160 valence electrons. The normalized spacial score (nSPS) is 11.4. The molecule has 0 saturated carbocycles. The maximum absolute atomic E-state index is 12.5. The highest BCUT2D eigenvalue weighted by Crippen LogP contribution is 2.25. The number of carbonyl (C=O) groups is 3. The molecule has 0 fully saturated rings. The molecule has 2 aromatic carbocycles. The number of hydrogen-bond donors (Lipinski definition) is 0. The zero-order chi connectivity index (χ0) is 22.6. The Bertz CT molecular complexity index is 1080. The standard InChI is InChI=1S/C25H25NO4S/c1-16(2)21(27)20-7-5-6-19(14-20)17-8-10-18(11-9-17)24(29)30-15-25(3,4)22(28)23-26-12-13-31-23/h5-14,16H,15H2,1-4H3. The molecule has 6 heteroatoms. The van der Waals surface area contributed by atoms with Crippen LogP contribution in [-0.2, 0) is 4.74 Å². The molecule has 5 nitrogen and oxygen atoms in total. The van der Waals surface area contributed by atoms with Crippen LogP contribution in [0, 0.1) is 11.3 Å². The summed E-state index contributed by atoms with van der Waals surface area (Å²) in [5, 5.41) is 2.15. The van der Waals surface area contributed by atoms with Gasteiger partial charge in [-0.1, -0.05) is 44.2 Å². The summed E-state index contributed by atoms with van der Waals surface area (Å²) in [6, 6.07) is 14.5. The van der Waals surface area contributed by atoms with E-state index in [0.717, 1.165) is 11.1 Å². The molecule has 1 heterocycles. The summed E-state index contributed by atoms with van der Waals surface area (Å²) in [6.45, 7) is 7.19. The number of carbonyl (C=O) groups excluding carboxylic acids is 3. The fraction of sp³-hybridized carbons (Fsp3) is 0.280. The minimum absolute atomic E-state index is 0.0364. The third-order valence-corrected chi connectivity index (χ3v) is 5.70.